The van der Waals surface area contributed by atoms with Crippen molar-refractivity contribution in [3.8, 4) is 11.5 Å². The monoisotopic (exact) mass is 272 g/mol. The van der Waals surface area contributed by atoms with Gasteiger partial charge < -0.3 is 15.2 Å². The van der Waals surface area contributed by atoms with Crippen molar-refractivity contribution in [1.29, 1.82) is 0 Å². The molecule has 0 amide bonds. The highest BCUT2D eigenvalue weighted by molar-refractivity contribution is 5.71. The average Bonchev–Trinajstić information content (AvgIpc) is 2.76. The molecule has 0 spiro atoms. The topological polar surface area (TPSA) is 68.2 Å². The summed E-state index contributed by atoms with van der Waals surface area (Å²) in [5, 5.41) is 3.67. The first-order valence-electron chi connectivity index (χ1n) is 5.27. The van der Waals surface area contributed by atoms with Crippen LogP contribution in [0.2, 0.25) is 0 Å². The minimum absolute atomic E-state index is 0.0659. The second kappa shape index (κ2) is 4.45. The van der Waals surface area contributed by atoms with E-state index in [-0.39, 0.29) is 17.1 Å². The van der Waals surface area contributed by atoms with Crippen LogP contribution in [0.25, 0.3) is 11.5 Å². The summed E-state index contributed by atoms with van der Waals surface area (Å²) in [6.07, 6.45) is -4.43. The SMILES string of the molecule is CN(C)c1noc(-c2ccc(C(F)(F)F)cc2N)n1. The number of halogens is 3. The highest BCUT2D eigenvalue weighted by Crippen LogP contribution is 2.34. The third-order valence-corrected chi connectivity index (χ3v) is 2.42. The van der Waals surface area contributed by atoms with Gasteiger partial charge in [0.1, 0.15) is 0 Å². The zero-order valence-corrected chi connectivity index (χ0v) is 10.2. The smallest absolute Gasteiger partial charge is 0.398 e. The first kappa shape index (κ1) is 13.2. The summed E-state index contributed by atoms with van der Waals surface area (Å²) in [7, 11) is 3.43. The van der Waals surface area contributed by atoms with Crippen molar-refractivity contribution < 1.29 is 17.7 Å². The third kappa shape index (κ3) is 2.61. The number of nitrogen functional groups attached to an aromatic ring is 1. The molecule has 0 aliphatic heterocycles. The van der Waals surface area contributed by atoms with E-state index in [9.17, 15) is 13.2 Å². The number of alkyl halides is 3. The van der Waals surface area contributed by atoms with Gasteiger partial charge in [0.2, 0.25) is 0 Å². The fourth-order valence-electron chi connectivity index (χ4n) is 1.44. The Morgan fingerprint density at radius 3 is 2.42 bits per heavy atom. The molecule has 0 bridgehead atoms. The summed E-state index contributed by atoms with van der Waals surface area (Å²) in [5.41, 5.74) is 4.98. The number of anilines is 2. The molecule has 0 unspecified atom stereocenters. The maximum Gasteiger partial charge on any atom is 0.416 e. The lowest BCUT2D eigenvalue weighted by Crippen LogP contribution is -2.10. The van der Waals surface area contributed by atoms with Crippen LogP contribution in [0, 0.1) is 0 Å². The molecule has 0 fully saturated rings. The molecule has 0 aliphatic rings. The Bertz CT molecular complexity index is 592. The molecule has 0 radical (unpaired) electrons. The van der Waals surface area contributed by atoms with Crippen molar-refractivity contribution in [3.63, 3.8) is 0 Å². The predicted molar refractivity (Wildman–Crippen MR) is 63.5 cm³/mol. The van der Waals surface area contributed by atoms with Crippen molar-refractivity contribution in [2.45, 2.75) is 6.18 Å². The molecule has 1 heterocycles. The number of rotatable bonds is 2. The van der Waals surface area contributed by atoms with E-state index in [1.807, 2.05) is 0 Å². The van der Waals surface area contributed by atoms with Gasteiger partial charge in [0.25, 0.3) is 11.8 Å². The van der Waals surface area contributed by atoms with Crippen LogP contribution in [0.5, 0.6) is 0 Å². The summed E-state index contributed by atoms with van der Waals surface area (Å²) in [6, 6.07) is 2.98. The van der Waals surface area contributed by atoms with E-state index >= 15 is 0 Å². The Hall–Kier alpha value is -2.25. The van der Waals surface area contributed by atoms with Gasteiger partial charge in [-0.3, -0.25) is 0 Å². The van der Waals surface area contributed by atoms with Crippen LogP contribution >= 0.6 is 0 Å². The molecular weight excluding hydrogens is 261 g/mol. The molecular formula is C11H11F3N4O. The summed E-state index contributed by atoms with van der Waals surface area (Å²) in [5.74, 6) is 0.393. The molecule has 2 rings (SSSR count). The van der Waals surface area contributed by atoms with Gasteiger partial charge in [-0.1, -0.05) is 0 Å². The number of nitrogens with zero attached hydrogens (tertiary/aromatic N) is 3. The van der Waals surface area contributed by atoms with Gasteiger partial charge in [0.15, 0.2) is 0 Å². The Morgan fingerprint density at radius 1 is 1.26 bits per heavy atom. The highest BCUT2D eigenvalue weighted by atomic mass is 19.4. The van der Waals surface area contributed by atoms with Crippen LogP contribution in [-0.4, -0.2) is 24.2 Å². The number of benzene rings is 1. The van der Waals surface area contributed by atoms with Crippen LogP contribution in [0.1, 0.15) is 5.56 Å². The molecule has 8 heteroatoms. The minimum Gasteiger partial charge on any atom is -0.398 e. The summed E-state index contributed by atoms with van der Waals surface area (Å²) < 4.78 is 42.4. The van der Waals surface area contributed by atoms with Gasteiger partial charge >= 0.3 is 6.18 Å². The van der Waals surface area contributed by atoms with Crippen molar-refractivity contribution >= 4 is 11.6 Å². The first-order valence-corrected chi connectivity index (χ1v) is 5.27. The maximum atomic E-state index is 12.5. The standard InChI is InChI=1S/C11H11F3N4O/c1-18(2)10-16-9(19-17-10)7-4-3-6(5-8(7)15)11(12,13)14/h3-5H,15H2,1-2H3. The lowest BCUT2D eigenvalue weighted by Gasteiger charge is -2.08. The van der Waals surface area contributed by atoms with E-state index in [0.29, 0.717) is 5.95 Å². The second-order valence-electron chi connectivity index (χ2n) is 4.09. The number of aromatic nitrogens is 2. The normalized spacial score (nSPS) is 11.6. The van der Waals surface area contributed by atoms with Crippen LogP contribution < -0.4 is 10.6 Å². The van der Waals surface area contributed by atoms with Crippen LogP contribution in [-0.2, 0) is 6.18 Å². The van der Waals surface area contributed by atoms with Gasteiger partial charge in [0, 0.05) is 19.8 Å². The fourth-order valence-corrected chi connectivity index (χ4v) is 1.44. The molecule has 102 valence electrons. The van der Waals surface area contributed by atoms with E-state index in [1.54, 1.807) is 19.0 Å². The van der Waals surface area contributed by atoms with E-state index in [4.69, 9.17) is 10.3 Å². The van der Waals surface area contributed by atoms with Crippen molar-refractivity contribution in [1.82, 2.24) is 10.1 Å². The van der Waals surface area contributed by atoms with Gasteiger partial charge in [-0.25, -0.2) is 0 Å². The molecule has 0 saturated carbocycles. The molecule has 2 aromatic rings. The summed E-state index contributed by atoms with van der Waals surface area (Å²) >= 11 is 0. The Morgan fingerprint density at radius 2 is 1.95 bits per heavy atom. The van der Waals surface area contributed by atoms with Crippen LogP contribution in [0.15, 0.2) is 22.7 Å². The molecule has 2 N–H and O–H groups in total. The molecule has 0 atom stereocenters. The zero-order valence-electron chi connectivity index (χ0n) is 10.2. The lowest BCUT2D eigenvalue weighted by atomic mass is 10.1. The van der Waals surface area contributed by atoms with E-state index in [0.717, 1.165) is 12.1 Å². The predicted octanol–water partition coefficient (Wildman–Crippen LogP) is 2.40. The average molecular weight is 272 g/mol. The Kier molecular flexibility index (Phi) is 3.09. The molecule has 1 aromatic heterocycles. The molecule has 0 aliphatic carbocycles. The van der Waals surface area contributed by atoms with Crippen molar-refractivity contribution in [2.75, 3.05) is 24.7 Å². The van der Waals surface area contributed by atoms with E-state index in [1.165, 1.54) is 6.07 Å². The van der Waals surface area contributed by atoms with E-state index < -0.39 is 11.7 Å². The second-order valence-corrected chi connectivity index (χ2v) is 4.09. The molecule has 1 aromatic carbocycles. The van der Waals surface area contributed by atoms with Crippen molar-refractivity contribution in [2.24, 2.45) is 0 Å². The van der Waals surface area contributed by atoms with Gasteiger partial charge in [-0.2, -0.15) is 18.2 Å². The van der Waals surface area contributed by atoms with E-state index in [2.05, 4.69) is 10.1 Å². The largest absolute Gasteiger partial charge is 0.416 e. The summed E-state index contributed by atoms with van der Waals surface area (Å²) in [6.45, 7) is 0. The number of hydrogen-bond donors (Lipinski definition) is 1. The molecule has 19 heavy (non-hydrogen) atoms. The Balaban J connectivity index is 2.40. The number of hydrogen-bond acceptors (Lipinski definition) is 5. The maximum absolute atomic E-state index is 12.5. The lowest BCUT2D eigenvalue weighted by molar-refractivity contribution is -0.137. The van der Waals surface area contributed by atoms with Crippen molar-refractivity contribution in [3.05, 3.63) is 23.8 Å². The molecule has 0 saturated heterocycles. The zero-order chi connectivity index (χ0) is 14.2. The van der Waals surface area contributed by atoms with Gasteiger partial charge in [-0.05, 0) is 23.4 Å². The van der Waals surface area contributed by atoms with Crippen LogP contribution in [0.4, 0.5) is 24.8 Å². The fraction of sp³-hybridized carbons (Fsp3) is 0.273. The minimum atomic E-state index is -4.43. The van der Waals surface area contributed by atoms with Crippen LogP contribution in [0.3, 0.4) is 0 Å². The summed E-state index contributed by atoms with van der Waals surface area (Å²) in [4.78, 5) is 5.62. The Labute approximate surface area is 106 Å². The first-order chi connectivity index (χ1) is 8.79. The molecule has 5 nitrogen and oxygen atoms in total. The number of nitrogens with two attached hydrogens (primary N) is 1. The van der Waals surface area contributed by atoms with Gasteiger partial charge in [-0.15, -0.1) is 0 Å². The highest BCUT2D eigenvalue weighted by Gasteiger charge is 2.31. The van der Waals surface area contributed by atoms with Gasteiger partial charge in [0.05, 0.1) is 11.1 Å². The third-order valence-electron chi connectivity index (χ3n) is 2.42. The quantitative estimate of drug-likeness (QED) is 0.850.